The summed E-state index contributed by atoms with van der Waals surface area (Å²) in [6.45, 7) is 6.78. The van der Waals surface area contributed by atoms with Crippen LogP contribution in [0.3, 0.4) is 0 Å². The van der Waals surface area contributed by atoms with Crippen molar-refractivity contribution in [2.24, 2.45) is 0 Å². The van der Waals surface area contributed by atoms with Gasteiger partial charge in [-0.15, -0.1) is 0 Å². The van der Waals surface area contributed by atoms with Crippen LogP contribution in [0.2, 0.25) is 0 Å². The molecule has 0 aromatic heterocycles. The van der Waals surface area contributed by atoms with Gasteiger partial charge in [-0.3, -0.25) is 0 Å². The first-order chi connectivity index (χ1) is 8.65. The van der Waals surface area contributed by atoms with Crippen LogP contribution in [-0.4, -0.2) is 11.7 Å². The zero-order chi connectivity index (χ0) is 13.4. The highest BCUT2D eigenvalue weighted by molar-refractivity contribution is 5.38. The van der Waals surface area contributed by atoms with Crippen molar-refractivity contribution in [3.63, 3.8) is 0 Å². The van der Waals surface area contributed by atoms with Crippen molar-refractivity contribution in [1.29, 1.82) is 0 Å². The second kappa shape index (κ2) is 8.15. The van der Waals surface area contributed by atoms with Gasteiger partial charge < -0.3 is 9.84 Å². The van der Waals surface area contributed by atoms with E-state index in [1.807, 2.05) is 25.1 Å². The molecule has 0 spiro atoms. The maximum absolute atomic E-state index is 9.69. The summed E-state index contributed by atoms with van der Waals surface area (Å²) in [6, 6.07) is 5.97. The van der Waals surface area contributed by atoms with Gasteiger partial charge in [0, 0.05) is 5.56 Å². The molecule has 0 bridgehead atoms. The molecule has 0 aliphatic rings. The molecule has 0 aliphatic heterocycles. The van der Waals surface area contributed by atoms with E-state index >= 15 is 0 Å². The summed E-state index contributed by atoms with van der Waals surface area (Å²) in [6.07, 6.45) is 5.71. The fourth-order valence-electron chi connectivity index (χ4n) is 2.00. The average molecular weight is 250 g/mol. The van der Waals surface area contributed by atoms with E-state index in [9.17, 15) is 5.11 Å². The molecule has 1 atom stereocenters. The second-order valence-corrected chi connectivity index (χ2v) is 4.98. The zero-order valence-corrected chi connectivity index (χ0v) is 11.9. The van der Waals surface area contributed by atoms with Crippen molar-refractivity contribution in [3.8, 4) is 5.75 Å². The number of hydrogen-bond acceptors (Lipinski definition) is 2. The molecule has 0 fully saturated rings. The fraction of sp³-hybridized carbons (Fsp3) is 0.625. The lowest BCUT2D eigenvalue weighted by Gasteiger charge is -2.14. The van der Waals surface area contributed by atoms with Crippen LogP contribution in [0.4, 0.5) is 0 Å². The molecule has 0 unspecified atom stereocenters. The largest absolute Gasteiger partial charge is 0.493 e. The Labute approximate surface area is 111 Å². The molecule has 0 heterocycles. The van der Waals surface area contributed by atoms with Crippen molar-refractivity contribution in [3.05, 3.63) is 29.3 Å². The Morgan fingerprint density at radius 3 is 2.56 bits per heavy atom. The topological polar surface area (TPSA) is 29.5 Å². The second-order valence-electron chi connectivity index (χ2n) is 4.98. The average Bonchev–Trinajstić information content (AvgIpc) is 2.33. The molecule has 0 saturated heterocycles. The Balaban J connectivity index is 2.43. The predicted octanol–water partition coefficient (Wildman–Crippen LogP) is 4.40. The van der Waals surface area contributed by atoms with Gasteiger partial charge in [0.2, 0.25) is 0 Å². The molecule has 0 amide bonds. The van der Waals surface area contributed by atoms with Gasteiger partial charge in [0.15, 0.2) is 0 Å². The smallest absolute Gasteiger partial charge is 0.125 e. The fourth-order valence-corrected chi connectivity index (χ4v) is 2.00. The predicted molar refractivity (Wildman–Crippen MR) is 76.1 cm³/mol. The van der Waals surface area contributed by atoms with E-state index in [1.54, 1.807) is 6.92 Å². The molecule has 1 N–H and O–H groups in total. The quantitative estimate of drug-likeness (QED) is 0.693. The zero-order valence-electron chi connectivity index (χ0n) is 11.9. The normalized spacial score (nSPS) is 12.4. The molecule has 2 nitrogen and oxygen atoms in total. The minimum atomic E-state index is -0.472. The molecule has 2 heteroatoms. The van der Waals surface area contributed by atoms with E-state index in [0.29, 0.717) is 0 Å². The Hall–Kier alpha value is -1.02. The molecular formula is C16H26O2. The van der Waals surface area contributed by atoms with Crippen molar-refractivity contribution in [2.75, 3.05) is 6.61 Å². The van der Waals surface area contributed by atoms with Gasteiger partial charge in [0.25, 0.3) is 0 Å². The summed E-state index contributed by atoms with van der Waals surface area (Å²) in [7, 11) is 0. The lowest BCUT2D eigenvalue weighted by molar-refractivity contribution is 0.190. The Morgan fingerprint density at radius 1 is 1.17 bits per heavy atom. The lowest BCUT2D eigenvalue weighted by Crippen LogP contribution is -2.02. The van der Waals surface area contributed by atoms with Gasteiger partial charge in [-0.05, 0) is 31.9 Å². The molecule has 0 aliphatic carbocycles. The Kier molecular flexibility index (Phi) is 6.81. The maximum Gasteiger partial charge on any atom is 0.125 e. The number of benzene rings is 1. The van der Waals surface area contributed by atoms with Gasteiger partial charge in [-0.1, -0.05) is 44.7 Å². The van der Waals surface area contributed by atoms with Crippen molar-refractivity contribution in [2.45, 2.75) is 59.0 Å². The molecule has 0 radical (unpaired) electrons. The molecule has 102 valence electrons. The van der Waals surface area contributed by atoms with Crippen LogP contribution in [0.5, 0.6) is 5.75 Å². The van der Waals surface area contributed by atoms with Crippen molar-refractivity contribution < 1.29 is 9.84 Å². The van der Waals surface area contributed by atoms with E-state index in [-0.39, 0.29) is 0 Å². The first-order valence-electron chi connectivity index (χ1n) is 7.06. The molecular weight excluding hydrogens is 224 g/mol. The number of hydrogen-bond donors (Lipinski definition) is 1. The monoisotopic (exact) mass is 250 g/mol. The van der Waals surface area contributed by atoms with Gasteiger partial charge in [-0.2, -0.15) is 0 Å². The molecule has 1 aromatic carbocycles. The summed E-state index contributed by atoms with van der Waals surface area (Å²) in [5.41, 5.74) is 2.05. The maximum atomic E-state index is 9.69. The third-order valence-electron chi connectivity index (χ3n) is 3.12. The van der Waals surface area contributed by atoms with Crippen LogP contribution < -0.4 is 4.74 Å². The lowest BCUT2D eigenvalue weighted by atomic mass is 10.1. The minimum absolute atomic E-state index is 0.472. The van der Waals surface area contributed by atoms with Crippen molar-refractivity contribution >= 4 is 0 Å². The molecule has 18 heavy (non-hydrogen) atoms. The standard InChI is InChI=1S/C16H26O2/c1-4-5-6-7-8-11-18-16-12-13(2)9-10-15(16)14(3)17/h9-10,12,14,17H,4-8,11H2,1-3H3/t14-/m0/s1. The summed E-state index contributed by atoms with van der Waals surface area (Å²) in [5, 5.41) is 9.69. The number of aliphatic hydroxyl groups is 1. The first-order valence-corrected chi connectivity index (χ1v) is 7.06. The molecule has 0 saturated carbocycles. The van der Waals surface area contributed by atoms with Crippen LogP contribution in [0.1, 0.15) is 63.2 Å². The van der Waals surface area contributed by atoms with E-state index in [4.69, 9.17) is 4.74 Å². The Morgan fingerprint density at radius 2 is 1.89 bits per heavy atom. The summed E-state index contributed by atoms with van der Waals surface area (Å²) in [5.74, 6) is 0.834. The van der Waals surface area contributed by atoms with Gasteiger partial charge in [-0.25, -0.2) is 0 Å². The summed E-state index contributed by atoms with van der Waals surface area (Å²) >= 11 is 0. The number of aryl methyl sites for hydroxylation is 1. The number of rotatable bonds is 8. The van der Waals surface area contributed by atoms with Crippen LogP contribution in [0, 0.1) is 6.92 Å². The third-order valence-corrected chi connectivity index (χ3v) is 3.12. The minimum Gasteiger partial charge on any atom is -0.493 e. The number of ether oxygens (including phenoxy) is 1. The van der Waals surface area contributed by atoms with Gasteiger partial charge in [0.1, 0.15) is 5.75 Å². The molecule has 1 rings (SSSR count). The van der Waals surface area contributed by atoms with Crippen LogP contribution in [0.25, 0.3) is 0 Å². The highest BCUT2D eigenvalue weighted by Gasteiger charge is 2.08. The third kappa shape index (κ3) is 5.09. The molecule has 1 aromatic rings. The summed E-state index contributed by atoms with van der Waals surface area (Å²) in [4.78, 5) is 0. The number of aliphatic hydroxyl groups excluding tert-OH is 1. The number of unbranched alkanes of at least 4 members (excludes halogenated alkanes) is 4. The van der Waals surface area contributed by atoms with E-state index in [1.165, 1.54) is 31.2 Å². The van der Waals surface area contributed by atoms with E-state index < -0.39 is 6.10 Å². The van der Waals surface area contributed by atoms with Crippen LogP contribution in [0.15, 0.2) is 18.2 Å². The highest BCUT2D eigenvalue weighted by atomic mass is 16.5. The van der Waals surface area contributed by atoms with Gasteiger partial charge >= 0.3 is 0 Å². The van der Waals surface area contributed by atoms with Crippen LogP contribution >= 0.6 is 0 Å². The van der Waals surface area contributed by atoms with E-state index in [0.717, 1.165) is 24.3 Å². The van der Waals surface area contributed by atoms with E-state index in [2.05, 4.69) is 6.92 Å². The highest BCUT2D eigenvalue weighted by Crippen LogP contribution is 2.26. The summed E-state index contributed by atoms with van der Waals surface area (Å²) < 4.78 is 5.80. The van der Waals surface area contributed by atoms with Crippen LogP contribution in [-0.2, 0) is 0 Å². The first kappa shape index (κ1) is 15.0. The Bertz CT molecular complexity index is 345. The van der Waals surface area contributed by atoms with Crippen molar-refractivity contribution in [1.82, 2.24) is 0 Å². The van der Waals surface area contributed by atoms with Gasteiger partial charge in [0.05, 0.1) is 12.7 Å². The SMILES string of the molecule is CCCCCCCOc1cc(C)ccc1[C@H](C)O.